The molecule has 0 aliphatic rings. The Balaban J connectivity index is 2.24. The van der Waals surface area contributed by atoms with E-state index in [1.807, 2.05) is 48.1 Å². The molecule has 0 spiro atoms. The summed E-state index contributed by atoms with van der Waals surface area (Å²) in [5.41, 5.74) is 3.86. The van der Waals surface area contributed by atoms with Crippen molar-refractivity contribution in [1.29, 1.82) is 0 Å². The Morgan fingerprint density at radius 3 is 2.59 bits per heavy atom. The predicted octanol–water partition coefficient (Wildman–Crippen LogP) is 2.12. The van der Waals surface area contributed by atoms with Crippen molar-refractivity contribution < 1.29 is 18.9 Å². The van der Waals surface area contributed by atoms with Crippen LogP contribution in [0.2, 0.25) is 0 Å². The number of hydroxylamine groups is 1. The van der Waals surface area contributed by atoms with Crippen molar-refractivity contribution >= 4 is 27.6 Å². The highest BCUT2D eigenvalue weighted by molar-refractivity contribution is 6.06. The molecule has 3 aromatic rings. The number of carbonyl (C=O) groups is 1. The Labute approximate surface area is 128 Å². The number of aromatic nitrogens is 1. The summed E-state index contributed by atoms with van der Waals surface area (Å²) < 4.78 is 7.28. The Morgan fingerprint density at radius 2 is 1.86 bits per heavy atom. The number of benzene rings is 2. The van der Waals surface area contributed by atoms with Crippen molar-refractivity contribution in [2.24, 2.45) is 7.05 Å². The van der Waals surface area contributed by atoms with Crippen LogP contribution in [-0.2, 0) is 11.9 Å². The molecular formula is C17H17N2O3+. The van der Waals surface area contributed by atoms with Crippen molar-refractivity contribution in [3.05, 3.63) is 48.2 Å². The van der Waals surface area contributed by atoms with Crippen molar-refractivity contribution in [1.82, 2.24) is 5.48 Å². The molecule has 3 rings (SSSR count). The molecule has 0 atom stereocenters. The second kappa shape index (κ2) is 5.61. The number of carbonyl (C=O) groups excluding carboxylic acids is 1. The molecule has 5 nitrogen and oxygen atoms in total. The number of nitrogens with one attached hydrogen (secondary N) is 1. The van der Waals surface area contributed by atoms with E-state index >= 15 is 0 Å². The van der Waals surface area contributed by atoms with Gasteiger partial charge in [-0.3, -0.25) is 9.63 Å². The number of hydrogen-bond donors (Lipinski definition) is 1. The standard InChI is InChI=1S/C17H16N2O3/c1-19-10-12-8-13(21-2)5-7-14(12)15-6-4-11(9-16(15)19)17(20)18-22-3/h4-10H,1-3H3/p+1. The molecule has 0 bridgehead atoms. The summed E-state index contributed by atoms with van der Waals surface area (Å²) in [5, 5.41) is 3.28. The third-order valence-electron chi connectivity index (χ3n) is 3.72. The molecule has 0 fully saturated rings. The van der Waals surface area contributed by atoms with Gasteiger partial charge in [0.1, 0.15) is 12.8 Å². The smallest absolute Gasteiger partial charge is 0.275 e. The molecule has 22 heavy (non-hydrogen) atoms. The molecule has 0 aliphatic heterocycles. The van der Waals surface area contributed by atoms with Crippen LogP contribution in [0.15, 0.2) is 42.6 Å². The first-order chi connectivity index (χ1) is 10.6. The van der Waals surface area contributed by atoms with Gasteiger partial charge in [0.05, 0.1) is 25.0 Å². The third kappa shape index (κ3) is 2.35. The van der Waals surface area contributed by atoms with Crippen LogP contribution < -0.4 is 14.8 Å². The van der Waals surface area contributed by atoms with Gasteiger partial charge in [0, 0.05) is 17.0 Å². The van der Waals surface area contributed by atoms with Gasteiger partial charge in [-0.25, -0.2) is 10.0 Å². The van der Waals surface area contributed by atoms with E-state index in [0.29, 0.717) is 5.56 Å². The maximum Gasteiger partial charge on any atom is 0.275 e. The zero-order chi connectivity index (χ0) is 15.7. The first-order valence-electron chi connectivity index (χ1n) is 6.87. The average Bonchev–Trinajstić information content (AvgIpc) is 2.54. The highest BCUT2D eigenvalue weighted by atomic mass is 16.6. The number of rotatable bonds is 3. The highest BCUT2D eigenvalue weighted by Crippen LogP contribution is 2.26. The van der Waals surface area contributed by atoms with Gasteiger partial charge in [-0.2, -0.15) is 0 Å². The van der Waals surface area contributed by atoms with Gasteiger partial charge in [-0.15, -0.1) is 0 Å². The lowest BCUT2D eigenvalue weighted by Gasteiger charge is -2.07. The monoisotopic (exact) mass is 297 g/mol. The van der Waals surface area contributed by atoms with Crippen molar-refractivity contribution in [2.75, 3.05) is 14.2 Å². The topological polar surface area (TPSA) is 51.4 Å². The summed E-state index contributed by atoms with van der Waals surface area (Å²) in [4.78, 5) is 16.6. The quantitative estimate of drug-likeness (QED) is 0.458. The maximum absolute atomic E-state index is 11.9. The fourth-order valence-corrected chi connectivity index (χ4v) is 2.64. The van der Waals surface area contributed by atoms with Gasteiger partial charge in [-0.1, -0.05) is 0 Å². The minimum absolute atomic E-state index is 0.265. The molecule has 1 heterocycles. The largest absolute Gasteiger partial charge is 0.497 e. The molecule has 2 aromatic carbocycles. The first-order valence-corrected chi connectivity index (χ1v) is 6.87. The van der Waals surface area contributed by atoms with E-state index in [-0.39, 0.29) is 5.91 Å². The number of methoxy groups -OCH3 is 1. The van der Waals surface area contributed by atoms with E-state index in [4.69, 9.17) is 4.74 Å². The summed E-state index contributed by atoms with van der Waals surface area (Å²) >= 11 is 0. The molecule has 0 saturated carbocycles. The average molecular weight is 297 g/mol. The molecule has 0 radical (unpaired) electrons. The second-order valence-corrected chi connectivity index (χ2v) is 5.06. The maximum atomic E-state index is 11.9. The molecule has 0 saturated heterocycles. The predicted molar refractivity (Wildman–Crippen MR) is 83.7 cm³/mol. The van der Waals surface area contributed by atoms with Crippen molar-refractivity contribution in [3.8, 4) is 5.75 Å². The lowest BCUT2D eigenvalue weighted by atomic mass is 10.0. The summed E-state index contributed by atoms with van der Waals surface area (Å²) in [5.74, 6) is 0.558. The summed E-state index contributed by atoms with van der Waals surface area (Å²) in [6.07, 6.45) is 2.03. The van der Waals surface area contributed by atoms with E-state index in [1.54, 1.807) is 13.2 Å². The van der Waals surface area contributed by atoms with Crippen LogP contribution in [0.3, 0.4) is 0 Å². The van der Waals surface area contributed by atoms with Crippen LogP contribution in [0.5, 0.6) is 5.75 Å². The Kier molecular flexibility index (Phi) is 3.65. The lowest BCUT2D eigenvalue weighted by Crippen LogP contribution is -2.29. The fraction of sp³-hybridized carbons (Fsp3) is 0.176. The van der Waals surface area contributed by atoms with E-state index in [0.717, 1.165) is 27.4 Å². The number of aryl methyl sites for hydroxylation is 1. The zero-order valence-corrected chi connectivity index (χ0v) is 12.7. The van der Waals surface area contributed by atoms with Crippen LogP contribution in [0.4, 0.5) is 0 Å². The number of amides is 1. The minimum atomic E-state index is -0.265. The molecule has 0 unspecified atom stereocenters. The molecule has 112 valence electrons. The van der Waals surface area contributed by atoms with Crippen LogP contribution in [0.25, 0.3) is 21.7 Å². The van der Waals surface area contributed by atoms with Crippen molar-refractivity contribution in [3.63, 3.8) is 0 Å². The zero-order valence-electron chi connectivity index (χ0n) is 12.7. The van der Waals surface area contributed by atoms with Gasteiger partial charge < -0.3 is 4.74 Å². The van der Waals surface area contributed by atoms with Crippen molar-refractivity contribution in [2.45, 2.75) is 0 Å². The number of pyridine rings is 1. The SMILES string of the molecule is CONC(=O)c1ccc2c3ccc(OC)cc3c[n+](C)c2c1. The van der Waals surface area contributed by atoms with Gasteiger partial charge in [-0.05, 0) is 30.3 Å². The van der Waals surface area contributed by atoms with E-state index in [2.05, 4.69) is 10.3 Å². The number of fused-ring (bicyclic) bond motifs is 3. The Bertz CT molecular complexity index is 875. The lowest BCUT2D eigenvalue weighted by molar-refractivity contribution is -0.643. The fourth-order valence-electron chi connectivity index (χ4n) is 2.64. The van der Waals surface area contributed by atoms with E-state index < -0.39 is 0 Å². The molecule has 5 heteroatoms. The van der Waals surface area contributed by atoms with Gasteiger partial charge >= 0.3 is 0 Å². The number of ether oxygens (including phenoxy) is 1. The summed E-state index contributed by atoms with van der Waals surface area (Å²) in [7, 11) is 5.03. The van der Waals surface area contributed by atoms with Gasteiger partial charge in [0.15, 0.2) is 6.20 Å². The molecule has 0 aliphatic carbocycles. The highest BCUT2D eigenvalue weighted by Gasteiger charge is 2.14. The minimum Gasteiger partial charge on any atom is -0.497 e. The normalized spacial score (nSPS) is 10.9. The third-order valence-corrected chi connectivity index (χ3v) is 3.72. The van der Waals surface area contributed by atoms with E-state index in [1.165, 1.54) is 7.11 Å². The molecule has 1 amide bonds. The first kappa shape index (κ1) is 14.3. The van der Waals surface area contributed by atoms with Crippen LogP contribution in [0.1, 0.15) is 10.4 Å². The van der Waals surface area contributed by atoms with Crippen LogP contribution in [-0.4, -0.2) is 20.1 Å². The molecule has 1 aromatic heterocycles. The van der Waals surface area contributed by atoms with Crippen LogP contribution in [0, 0.1) is 0 Å². The molecular weight excluding hydrogens is 280 g/mol. The number of nitrogens with zero attached hydrogens (tertiary/aromatic N) is 1. The van der Waals surface area contributed by atoms with E-state index in [9.17, 15) is 4.79 Å². The van der Waals surface area contributed by atoms with Gasteiger partial charge in [0.2, 0.25) is 5.52 Å². The van der Waals surface area contributed by atoms with Crippen LogP contribution >= 0.6 is 0 Å². The Morgan fingerprint density at radius 1 is 1.09 bits per heavy atom. The summed E-state index contributed by atoms with van der Waals surface area (Å²) in [6, 6.07) is 11.6. The Hall–Kier alpha value is -2.66. The summed E-state index contributed by atoms with van der Waals surface area (Å²) in [6.45, 7) is 0. The van der Waals surface area contributed by atoms with Gasteiger partial charge in [0.25, 0.3) is 5.91 Å². The molecule has 1 N–H and O–H groups in total. The second-order valence-electron chi connectivity index (χ2n) is 5.06. The number of hydrogen-bond acceptors (Lipinski definition) is 3.